The highest BCUT2D eigenvalue weighted by molar-refractivity contribution is 7.89. The van der Waals surface area contributed by atoms with Crippen LogP contribution in [0.3, 0.4) is 0 Å². The van der Waals surface area contributed by atoms with Crippen molar-refractivity contribution in [2.45, 2.75) is 4.90 Å². The summed E-state index contributed by atoms with van der Waals surface area (Å²) in [5, 5.41) is 8.63. The molecule has 1 aromatic heterocycles. The second kappa shape index (κ2) is 8.93. The molecule has 0 spiro atoms. The molecule has 0 aliphatic heterocycles. The van der Waals surface area contributed by atoms with Crippen LogP contribution in [0.2, 0.25) is 0 Å². The first kappa shape index (κ1) is 21.9. The lowest BCUT2D eigenvalue weighted by atomic mass is 10.2. The molecule has 3 rings (SSSR count). The summed E-state index contributed by atoms with van der Waals surface area (Å²) >= 11 is 0. The van der Waals surface area contributed by atoms with Gasteiger partial charge in [-0.25, -0.2) is 17.5 Å². The van der Waals surface area contributed by atoms with Crippen LogP contribution in [0.5, 0.6) is 0 Å². The van der Waals surface area contributed by atoms with Crippen molar-refractivity contribution in [3.05, 3.63) is 64.6 Å². The number of nitrogens with one attached hydrogen (secondary N) is 3. The molecule has 0 unspecified atom stereocenters. The minimum absolute atomic E-state index is 0.0303. The van der Waals surface area contributed by atoms with Crippen molar-refractivity contribution >= 4 is 27.5 Å². The van der Waals surface area contributed by atoms with Gasteiger partial charge in [0.1, 0.15) is 0 Å². The van der Waals surface area contributed by atoms with E-state index in [9.17, 15) is 22.8 Å². The zero-order valence-corrected chi connectivity index (χ0v) is 17.4. The second-order valence-corrected chi connectivity index (χ2v) is 8.72. The van der Waals surface area contributed by atoms with Crippen LogP contribution in [0.25, 0.3) is 11.4 Å². The van der Waals surface area contributed by atoms with Crippen molar-refractivity contribution in [1.29, 1.82) is 0 Å². The summed E-state index contributed by atoms with van der Waals surface area (Å²) in [6.45, 7) is -0.339. The molecule has 0 atom stereocenters. The maximum atomic E-state index is 12.3. The van der Waals surface area contributed by atoms with Crippen LogP contribution in [0.4, 0.5) is 5.69 Å². The predicted molar refractivity (Wildman–Crippen MR) is 111 cm³/mol. The number of hydrogen-bond donors (Lipinski definition) is 3. The summed E-state index contributed by atoms with van der Waals surface area (Å²) in [6, 6.07) is 12.0. The van der Waals surface area contributed by atoms with Gasteiger partial charge < -0.3 is 10.6 Å². The van der Waals surface area contributed by atoms with Gasteiger partial charge in [-0.05, 0) is 30.3 Å². The lowest BCUT2D eigenvalue weighted by Crippen LogP contribution is -2.33. The van der Waals surface area contributed by atoms with E-state index < -0.39 is 27.6 Å². The number of sulfonamides is 1. The Balaban J connectivity index is 1.63. The lowest BCUT2D eigenvalue weighted by molar-refractivity contribution is -0.115. The van der Waals surface area contributed by atoms with Crippen molar-refractivity contribution < 1.29 is 22.5 Å². The van der Waals surface area contributed by atoms with Gasteiger partial charge in [-0.15, -0.1) is 0 Å². The Kier molecular flexibility index (Phi) is 6.32. The number of nitrogens with zero attached hydrogens (tertiary/aromatic N) is 2. The van der Waals surface area contributed by atoms with E-state index in [-0.39, 0.29) is 22.8 Å². The lowest BCUT2D eigenvalue weighted by Gasteiger charge is -2.12. The number of carbonyl (C=O) groups is 2. The summed E-state index contributed by atoms with van der Waals surface area (Å²) < 4.78 is 29.9. The first-order valence-corrected chi connectivity index (χ1v) is 10.4. The molecule has 11 nitrogen and oxygen atoms in total. The molecule has 1 heterocycles. The van der Waals surface area contributed by atoms with E-state index in [4.69, 9.17) is 0 Å². The van der Waals surface area contributed by atoms with Gasteiger partial charge in [0.2, 0.25) is 15.9 Å². The standard InChI is InChI=1S/C19H19N5O6S/c1-24(2)31(28,29)15-8-4-6-13(10-15)18(26)20-11-16(25)21-14-7-3-5-12(9-14)17-22-19(27)30-23-17/h3-10H,11H2,1-2H3,(H,20,26)(H,21,25)(H,22,23,27). The van der Waals surface area contributed by atoms with E-state index in [0.717, 1.165) is 4.31 Å². The van der Waals surface area contributed by atoms with Crippen LogP contribution < -0.4 is 16.4 Å². The Morgan fingerprint density at radius 3 is 2.55 bits per heavy atom. The van der Waals surface area contributed by atoms with E-state index in [1.54, 1.807) is 24.3 Å². The van der Waals surface area contributed by atoms with E-state index in [2.05, 4.69) is 25.3 Å². The van der Waals surface area contributed by atoms with Crippen molar-refractivity contribution in [1.82, 2.24) is 19.8 Å². The van der Waals surface area contributed by atoms with Crippen LogP contribution in [-0.4, -0.2) is 55.3 Å². The first-order valence-electron chi connectivity index (χ1n) is 8.94. The largest absolute Gasteiger partial charge is 0.439 e. The third-order valence-corrected chi connectivity index (χ3v) is 5.96. The zero-order valence-electron chi connectivity index (χ0n) is 16.6. The van der Waals surface area contributed by atoms with Gasteiger partial charge >= 0.3 is 5.76 Å². The molecule has 12 heteroatoms. The van der Waals surface area contributed by atoms with E-state index in [0.29, 0.717) is 11.3 Å². The van der Waals surface area contributed by atoms with Gasteiger partial charge in [0.15, 0.2) is 5.82 Å². The Labute approximate surface area is 177 Å². The summed E-state index contributed by atoms with van der Waals surface area (Å²) in [6.07, 6.45) is 0. The molecule has 162 valence electrons. The van der Waals surface area contributed by atoms with Crippen molar-refractivity contribution in [3.8, 4) is 11.4 Å². The smallest absolute Gasteiger partial charge is 0.343 e. The van der Waals surface area contributed by atoms with Crippen LogP contribution in [0.1, 0.15) is 10.4 Å². The van der Waals surface area contributed by atoms with Crippen LogP contribution in [0.15, 0.2) is 62.7 Å². The van der Waals surface area contributed by atoms with Crippen LogP contribution >= 0.6 is 0 Å². The fraction of sp³-hybridized carbons (Fsp3) is 0.158. The number of aromatic amines is 1. The van der Waals surface area contributed by atoms with E-state index in [1.165, 1.54) is 38.4 Å². The normalized spacial score (nSPS) is 11.3. The number of aromatic nitrogens is 2. The predicted octanol–water partition coefficient (Wildman–Crippen LogP) is 0.649. The van der Waals surface area contributed by atoms with Crippen molar-refractivity contribution in [3.63, 3.8) is 0 Å². The molecular formula is C19H19N5O6S. The zero-order chi connectivity index (χ0) is 22.6. The SMILES string of the molecule is CN(C)S(=O)(=O)c1cccc(C(=O)NCC(=O)Nc2cccc(-c3noc(=O)[nH]3)c2)c1. The van der Waals surface area contributed by atoms with Gasteiger partial charge in [0, 0.05) is 30.9 Å². The summed E-state index contributed by atoms with van der Waals surface area (Å²) in [5.74, 6) is -1.59. The number of rotatable bonds is 7. The molecule has 0 fully saturated rings. The fourth-order valence-corrected chi connectivity index (χ4v) is 3.52. The Bertz CT molecular complexity index is 1280. The molecule has 0 radical (unpaired) electrons. The van der Waals surface area contributed by atoms with Crippen molar-refractivity contribution in [2.75, 3.05) is 26.0 Å². The number of benzene rings is 2. The monoisotopic (exact) mass is 445 g/mol. The number of hydrogen-bond acceptors (Lipinski definition) is 7. The summed E-state index contributed by atoms with van der Waals surface area (Å²) in [5.41, 5.74) is 1.04. The topological polar surface area (TPSA) is 154 Å². The molecular weight excluding hydrogens is 426 g/mol. The maximum absolute atomic E-state index is 12.3. The molecule has 0 saturated heterocycles. The summed E-state index contributed by atoms with van der Waals surface area (Å²) in [7, 11) is -0.909. The van der Waals surface area contributed by atoms with Crippen LogP contribution in [0, 0.1) is 0 Å². The summed E-state index contributed by atoms with van der Waals surface area (Å²) in [4.78, 5) is 38.0. The number of H-pyrrole nitrogens is 1. The highest BCUT2D eigenvalue weighted by atomic mass is 32.2. The quantitative estimate of drug-likeness (QED) is 0.482. The Morgan fingerprint density at radius 1 is 1.13 bits per heavy atom. The second-order valence-electron chi connectivity index (χ2n) is 6.57. The Morgan fingerprint density at radius 2 is 1.87 bits per heavy atom. The molecule has 31 heavy (non-hydrogen) atoms. The molecule has 3 aromatic rings. The molecule has 2 amide bonds. The van der Waals surface area contributed by atoms with Gasteiger partial charge in [-0.2, -0.15) is 0 Å². The highest BCUT2D eigenvalue weighted by Gasteiger charge is 2.19. The fourth-order valence-electron chi connectivity index (χ4n) is 2.57. The highest BCUT2D eigenvalue weighted by Crippen LogP contribution is 2.18. The van der Waals surface area contributed by atoms with E-state index >= 15 is 0 Å². The van der Waals surface area contributed by atoms with Gasteiger partial charge in [-0.1, -0.05) is 23.4 Å². The maximum Gasteiger partial charge on any atom is 0.439 e. The molecule has 3 N–H and O–H groups in total. The van der Waals surface area contributed by atoms with Gasteiger partial charge in [0.25, 0.3) is 5.91 Å². The number of carbonyl (C=O) groups excluding carboxylic acids is 2. The molecule has 0 bridgehead atoms. The third kappa shape index (κ3) is 5.24. The van der Waals surface area contributed by atoms with Crippen LogP contribution in [-0.2, 0) is 14.8 Å². The molecule has 2 aromatic carbocycles. The molecule has 0 aliphatic carbocycles. The van der Waals surface area contributed by atoms with Crippen molar-refractivity contribution in [2.24, 2.45) is 0 Å². The van der Waals surface area contributed by atoms with Gasteiger partial charge in [0.05, 0.1) is 11.4 Å². The minimum atomic E-state index is -3.69. The molecule has 0 aliphatic rings. The Hall–Kier alpha value is -3.77. The average Bonchev–Trinajstić information content (AvgIpc) is 3.18. The van der Waals surface area contributed by atoms with E-state index in [1.807, 2.05) is 0 Å². The first-order chi connectivity index (χ1) is 14.7. The third-order valence-electron chi connectivity index (χ3n) is 4.14. The number of amides is 2. The minimum Gasteiger partial charge on any atom is -0.343 e. The molecule has 0 saturated carbocycles. The number of anilines is 1. The average molecular weight is 445 g/mol. The van der Waals surface area contributed by atoms with Gasteiger partial charge in [-0.3, -0.25) is 19.1 Å².